The number of benzene rings is 1. The van der Waals surface area contributed by atoms with Gasteiger partial charge in [0.1, 0.15) is 23.9 Å². The van der Waals surface area contributed by atoms with E-state index in [0.29, 0.717) is 5.57 Å². The van der Waals surface area contributed by atoms with Gasteiger partial charge in [-0.3, -0.25) is 9.59 Å². The van der Waals surface area contributed by atoms with Gasteiger partial charge in [0.25, 0.3) is 0 Å². The smallest absolute Gasteiger partial charge is 0.343 e. The third-order valence-corrected chi connectivity index (χ3v) is 16.7. The molecule has 1 aromatic rings. The van der Waals surface area contributed by atoms with Crippen LogP contribution < -0.4 is 0 Å². The van der Waals surface area contributed by atoms with Crippen LogP contribution in [0.25, 0.3) is 0 Å². The van der Waals surface area contributed by atoms with E-state index in [0.717, 1.165) is 0 Å². The Morgan fingerprint density at radius 1 is 1.04 bits per heavy atom. The van der Waals surface area contributed by atoms with Gasteiger partial charge < -0.3 is 38.4 Å². The SMILES string of the molecule is CO[Si](O[C@H]1C[C@H]2OC[C@@]2(OC(C)=O)C2[C@H](OC(=O)c3ccccc3)[C@]3(O)C[C@H](O)C(C)=C([C@@H](O)C(=O)[C@@]21C)C3(C)C)(C(C)C)C(C)C. The molecule has 2 saturated carbocycles. The van der Waals surface area contributed by atoms with Crippen LogP contribution in [0.1, 0.15) is 85.5 Å². The maximum atomic E-state index is 15.3. The molecule has 0 radical (unpaired) electrons. The first kappa shape index (κ1) is 36.8. The van der Waals surface area contributed by atoms with Crippen molar-refractivity contribution < 1.29 is 52.8 Å². The van der Waals surface area contributed by atoms with Crippen LogP contribution >= 0.6 is 0 Å². The summed E-state index contributed by atoms with van der Waals surface area (Å²) in [5, 5.41) is 36.7. The quantitative estimate of drug-likeness (QED) is 0.206. The van der Waals surface area contributed by atoms with Crippen LogP contribution in [0.4, 0.5) is 0 Å². The van der Waals surface area contributed by atoms with Gasteiger partial charge in [0.2, 0.25) is 0 Å². The van der Waals surface area contributed by atoms with Crippen molar-refractivity contribution in [1.29, 1.82) is 0 Å². The number of carbonyl (C=O) groups excluding carboxylic acids is 3. The zero-order valence-electron chi connectivity index (χ0n) is 29.7. The second-order valence-corrected chi connectivity index (χ2v) is 19.9. The van der Waals surface area contributed by atoms with Gasteiger partial charge in [-0.05, 0) is 48.2 Å². The molecule has 12 heteroatoms. The Kier molecular flexibility index (Phi) is 9.51. The minimum atomic E-state index is -3.13. The molecule has 9 atom stereocenters. The highest BCUT2D eigenvalue weighted by atomic mass is 28.4. The molecule has 0 aromatic heterocycles. The molecule has 1 unspecified atom stereocenters. The Labute approximate surface area is 284 Å². The fourth-order valence-corrected chi connectivity index (χ4v) is 13.2. The van der Waals surface area contributed by atoms with Gasteiger partial charge >= 0.3 is 20.5 Å². The van der Waals surface area contributed by atoms with Crippen molar-refractivity contribution in [2.24, 2.45) is 16.7 Å². The Morgan fingerprint density at radius 2 is 1.65 bits per heavy atom. The van der Waals surface area contributed by atoms with E-state index < -0.39 is 84.8 Å². The number of esters is 2. The second kappa shape index (κ2) is 12.4. The lowest BCUT2D eigenvalue weighted by Crippen LogP contribution is -2.82. The monoisotopic (exact) mass is 688 g/mol. The number of carbonyl (C=O) groups is 3. The Balaban J connectivity index is 1.85. The number of rotatable bonds is 8. The van der Waals surface area contributed by atoms with Crippen LogP contribution in [0.3, 0.4) is 0 Å². The van der Waals surface area contributed by atoms with Crippen molar-refractivity contribution >= 4 is 26.3 Å². The molecule has 0 amide bonds. The van der Waals surface area contributed by atoms with Gasteiger partial charge in [-0.25, -0.2) is 4.79 Å². The standard InChI is InChI=1S/C36H52O11Si/c1-19(2)48(43-10,20(3)4)47-25-16-26-35(18-44-26,46-22(6)37)29-31(45-32(41)23-14-12-11-13-15-23)36(42)17-24(38)21(5)27(33(36,7)8)28(39)30(40)34(25,29)9/h11-15,19-20,24-26,28-29,31,38-39,42H,16-18H2,1-10H3/t24-,25-,26+,28+,29?,31-,34+,35-,36+/m0/s1. The molecule has 48 heavy (non-hydrogen) atoms. The van der Waals surface area contributed by atoms with E-state index in [1.54, 1.807) is 65.1 Å². The summed E-state index contributed by atoms with van der Waals surface area (Å²) in [5.74, 6) is -3.35. The van der Waals surface area contributed by atoms with Gasteiger partial charge in [0.15, 0.2) is 11.4 Å². The summed E-state index contributed by atoms with van der Waals surface area (Å²) < 4.78 is 32.0. The molecule has 11 nitrogen and oxygen atoms in total. The third kappa shape index (κ3) is 5.08. The summed E-state index contributed by atoms with van der Waals surface area (Å²) in [4.78, 5) is 42.2. The highest BCUT2D eigenvalue weighted by molar-refractivity contribution is 6.70. The number of ether oxygens (including phenoxy) is 3. The fourth-order valence-electron chi connectivity index (χ4n) is 9.49. The lowest BCUT2D eigenvalue weighted by molar-refractivity contribution is -0.345. The molecule has 3 aliphatic carbocycles. The van der Waals surface area contributed by atoms with Crippen molar-refractivity contribution in [2.45, 2.75) is 128 Å². The Bertz CT molecular complexity index is 1470. The normalized spacial score (nSPS) is 37.6. The summed E-state index contributed by atoms with van der Waals surface area (Å²) in [5.41, 5.74) is -6.15. The predicted octanol–water partition coefficient (Wildman–Crippen LogP) is 4.01. The minimum Gasteiger partial charge on any atom is -0.455 e. The summed E-state index contributed by atoms with van der Waals surface area (Å²) in [6.45, 7) is 15.8. The van der Waals surface area contributed by atoms with E-state index in [2.05, 4.69) is 0 Å². The van der Waals surface area contributed by atoms with E-state index in [9.17, 15) is 24.9 Å². The highest BCUT2D eigenvalue weighted by Gasteiger charge is 2.78. The molecule has 266 valence electrons. The van der Waals surface area contributed by atoms with E-state index in [1.165, 1.54) is 6.92 Å². The molecular formula is C36H52O11Si. The first-order valence-corrected chi connectivity index (χ1v) is 18.9. The van der Waals surface area contributed by atoms with Gasteiger partial charge in [0.05, 0.1) is 35.7 Å². The van der Waals surface area contributed by atoms with Crippen LogP contribution in [-0.4, -0.2) is 97.0 Å². The topological polar surface area (TPSA) is 158 Å². The van der Waals surface area contributed by atoms with E-state index in [4.69, 9.17) is 23.1 Å². The minimum absolute atomic E-state index is 0.0603. The highest BCUT2D eigenvalue weighted by Crippen LogP contribution is 2.65. The summed E-state index contributed by atoms with van der Waals surface area (Å²) in [7, 11) is -1.53. The fraction of sp³-hybridized carbons (Fsp3) is 0.694. The Morgan fingerprint density at radius 3 is 2.15 bits per heavy atom. The molecule has 1 saturated heterocycles. The Hall–Kier alpha value is -2.45. The molecular weight excluding hydrogens is 636 g/mol. The molecule has 5 rings (SSSR count). The average Bonchev–Trinajstić information content (AvgIpc) is 3.00. The van der Waals surface area contributed by atoms with Crippen molar-refractivity contribution in [3.8, 4) is 0 Å². The average molecular weight is 689 g/mol. The van der Waals surface area contributed by atoms with Crippen LogP contribution in [0, 0.1) is 16.7 Å². The maximum absolute atomic E-state index is 15.3. The van der Waals surface area contributed by atoms with Gasteiger partial charge in [-0.15, -0.1) is 0 Å². The first-order valence-electron chi connectivity index (χ1n) is 16.9. The molecule has 3 fully saturated rings. The molecule has 1 aliphatic heterocycles. The van der Waals surface area contributed by atoms with Crippen LogP contribution in [-0.2, 0) is 32.7 Å². The number of aliphatic hydroxyl groups excluding tert-OH is 2. The van der Waals surface area contributed by atoms with E-state index in [-0.39, 0.29) is 41.7 Å². The van der Waals surface area contributed by atoms with Crippen LogP contribution in [0.2, 0.25) is 11.1 Å². The van der Waals surface area contributed by atoms with E-state index >= 15 is 4.79 Å². The molecule has 0 spiro atoms. The second-order valence-electron chi connectivity index (χ2n) is 15.5. The molecule has 4 aliphatic rings. The zero-order chi connectivity index (χ0) is 35.8. The number of Topliss-reactive ketones (excluding diaryl/α,β-unsaturated/α-hetero) is 1. The lowest BCUT2D eigenvalue weighted by Gasteiger charge is -2.68. The van der Waals surface area contributed by atoms with Gasteiger partial charge in [-0.1, -0.05) is 59.7 Å². The number of hydrogen-bond acceptors (Lipinski definition) is 11. The largest absolute Gasteiger partial charge is 0.455 e. The summed E-state index contributed by atoms with van der Waals surface area (Å²) in [6.07, 6.45) is -6.53. The number of fused-ring (bicyclic) bond motifs is 5. The number of ketones is 1. The van der Waals surface area contributed by atoms with Crippen LogP contribution in [0.5, 0.6) is 0 Å². The molecule has 1 aromatic carbocycles. The van der Waals surface area contributed by atoms with Gasteiger partial charge in [-0.2, -0.15) is 0 Å². The number of aliphatic hydroxyl groups is 3. The molecule has 3 N–H and O–H groups in total. The lowest BCUT2D eigenvalue weighted by atomic mass is 9.44. The van der Waals surface area contributed by atoms with Crippen LogP contribution in [0.15, 0.2) is 41.5 Å². The van der Waals surface area contributed by atoms with Crippen molar-refractivity contribution in [3.05, 3.63) is 47.0 Å². The molecule has 1 heterocycles. The number of hydrogen-bond donors (Lipinski definition) is 3. The third-order valence-electron chi connectivity index (χ3n) is 12.2. The first-order chi connectivity index (χ1) is 22.3. The summed E-state index contributed by atoms with van der Waals surface area (Å²) in [6, 6.07) is 8.27. The predicted molar refractivity (Wildman–Crippen MR) is 177 cm³/mol. The maximum Gasteiger partial charge on any atom is 0.343 e. The van der Waals surface area contributed by atoms with Crippen molar-refractivity contribution in [1.82, 2.24) is 0 Å². The zero-order valence-corrected chi connectivity index (χ0v) is 30.7. The van der Waals surface area contributed by atoms with Crippen molar-refractivity contribution in [3.63, 3.8) is 0 Å². The van der Waals surface area contributed by atoms with Gasteiger partial charge in [0, 0.05) is 32.3 Å². The molecule has 2 bridgehead atoms. The van der Waals surface area contributed by atoms with E-state index in [1.807, 2.05) is 27.7 Å². The summed E-state index contributed by atoms with van der Waals surface area (Å²) >= 11 is 0. The van der Waals surface area contributed by atoms with Crippen molar-refractivity contribution in [2.75, 3.05) is 13.7 Å².